The summed E-state index contributed by atoms with van der Waals surface area (Å²) in [4.78, 5) is 14.2. The molecule has 0 aliphatic carbocycles. The molecule has 0 fully saturated rings. The Hall–Kier alpha value is 0.686. The number of carbonyl (C=O) groups excluding carboxylic acids is 1. The van der Waals surface area contributed by atoms with E-state index in [1.807, 2.05) is 6.92 Å². The van der Waals surface area contributed by atoms with Crippen LogP contribution in [0.5, 0.6) is 0 Å². The molecule has 0 N–H and O–H groups in total. The summed E-state index contributed by atoms with van der Waals surface area (Å²) in [7, 11) is -3.62. The van der Waals surface area contributed by atoms with Crippen molar-refractivity contribution < 1.29 is 69.7 Å². The maximum atomic E-state index is 11.9. The van der Waals surface area contributed by atoms with Crippen LogP contribution in [0, 0.1) is 0 Å². The molecule has 0 atom stereocenters. The Balaban J connectivity index is 0.00000289. The van der Waals surface area contributed by atoms with Gasteiger partial charge < -0.3 is 9.90 Å². The van der Waals surface area contributed by atoms with Gasteiger partial charge in [-0.3, -0.25) is 0 Å². The zero-order chi connectivity index (χ0) is 13.1. The monoisotopic (exact) mass is 359 g/mol. The van der Waals surface area contributed by atoms with Gasteiger partial charge in [-0.2, -0.15) is 0 Å². The molecule has 18 heavy (non-hydrogen) atoms. The Labute approximate surface area is 157 Å². The van der Waals surface area contributed by atoms with Gasteiger partial charge in [0.2, 0.25) is 0 Å². The molecule has 0 aliphatic heterocycles. The van der Waals surface area contributed by atoms with Crippen molar-refractivity contribution in [3.8, 4) is 0 Å². The van der Waals surface area contributed by atoms with Gasteiger partial charge in [0, 0.05) is 0 Å². The molecule has 94 valence electrons. The van der Waals surface area contributed by atoms with Gasteiger partial charge >= 0.3 is 51.4 Å². The van der Waals surface area contributed by atoms with E-state index in [4.69, 9.17) is 0 Å². The van der Waals surface area contributed by atoms with Crippen LogP contribution in [0.2, 0.25) is 0 Å². The zero-order valence-electron chi connectivity index (χ0n) is 10.1. The number of unbranched alkanes of at least 4 members (excludes halogenated alkanes) is 1. The maximum Gasteiger partial charge on any atom is 1.00 e. The molecule has 1 aromatic heterocycles. The van der Waals surface area contributed by atoms with Crippen LogP contribution < -0.4 is 56.5 Å². The summed E-state index contributed by atoms with van der Waals surface area (Å²) in [6, 6.07) is 2.62. The normalized spacial score (nSPS) is 10.8. The minimum atomic E-state index is -3.62. The molecule has 8 heteroatoms. The molecule has 0 aromatic carbocycles. The van der Waals surface area contributed by atoms with Gasteiger partial charge in [-0.15, -0.1) is 0 Å². The van der Waals surface area contributed by atoms with Crippen LogP contribution in [-0.4, -0.2) is 25.1 Å². The Bertz CT molecular complexity index is 533. The third-order valence-electron chi connectivity index (χ3n) is 2.12. The van der Waals surface area contributed by atoms with Gasteiger partial charge in [-0.05, 0) is 34.5 Å². The third-order valence-corrected chi connectivity index (χ3v) is 4.39. The number of halogens is 1. The molecule has 0 radical (unpaired) electrons. The standard InChI is InChI=1S/C10H12BrNO4S.K/c1-2-3-6-17(15,16)7-4-5-8(11)12-9(7)10(13)14;/h4-5H,2-3,6H2,1H3,(H,13,14);/q;+1/p-1. The van der Waals surface area contributed by atoms with Crippen LogP contribution in [0.4, 0.5) is 0 Å². The van der Waals surface area contributed by atoms with Crippen molar-refractivity contribution in [2.75, 3.05) is 5.75 Å². The summed E-state index contributed by atoms with van der Waals surface area (Å²) in [6.45, 7) is 1.86. The number of carboxylic acid groups (broad SMARTS) is 1. The summed E-state index contributed by atoms with van der Waals surface area (Å²) in [5.74, 6) is -1.69. The molecule has 1 rings (SSSR count). The molecule has 0 aliphatic rings. The first-order valence-corrected chi connectivity index (χ1v) is 7.43. The average molecular weight is 360 g/mol. The minimum absolute atomic E-state index is 0. The van der Waals surface area contributed by atoms with Crippen molar-refractivity contribution in [2.24, 2.45) is 0 Å². The quantitative estimate of drug-likeness (QED) is 0.439. The molecule has 1 heterocycles. The summed E-state index contributed by atoms with van der Waals surface area (Å²) >= 11 is 2.99. The number of pyridine rings is 1. The van der Waals surface area contributed by atoms with Gasteiger partial charge in [-0.25, -0.2) is 13.4 Å². The number of nitrogens with zero attached hydrogens (tertiary/aromatic N) is 1. The fourth-order valence-corrected chi connectivity index (χ4v) is 3.16. The largest absolute Gasteiger partial charge is 1.00 e. The van der Waals surface area contributed by atoms with Crippen LogP contribution in [-0.2, 0) is 9.84 Å². The molecule has 0 saturated carbocycles. The summed E-state index contributed by atoms with van der Waals surface area (Å²) in [5, 5.41) is 10.8. The SMILES string of the molecule is CCCCS(=O)(=O)c1ccc(Br)nc1C(=O)[O-].[K+]. The van der Waals surface area contributed by atoms with Gasteiger partial charge in [-0.1, -0.05) is 13.3 Å². The predicted molar refractivity (Wildman–Crippen MR) is 63.2 cm³/mol. The van der Waals surface area contributed by atoms with Crippen molar-refractivity contribution >= 4 is 31.7 Å². The molecule has 0 saturated heterocycles. The number of hydrogen-bond acceptors (Lipinski definition) is 5. The number of carboxylic acids is 1. The maximum absolute atomic E-state index is 11.9. The Morgan fingerprint density at radius 3 is 2.56 bits per heavy atom. The van der Waals surface area contributed by atoms with Crippen LogP contribution in [0.1, 0.15) is 30.3 Å². The van der Waals surface area contributed by atoms with E-state index >= 15 is 0 Å². The number of aromatic carboxylic acids is 1. The fourth-order valence-electron chi connectivity index (χ4n) is 1.26. The minimum Gasteiger partial charge on any atom is -0.543 e. The molecule has 0 spiro atoms. The first kappa shape index (κ1) is 18.7. The van der Waals surface area contributed by atoms with Crippen LogP contribution >= 0.6 is 15.9 Å². The van der Waals surface area contributed by atoms with Crippen molar-refractivity contribution in [1.82, 2.24) is 4.98 Å². The average Bonchev–Trinajstić information content (AvgIpc) is 2.26. The Kier molecular flexibility index (Phi) is 8.39. The van der Waals surface area contributed by atoms with Crippen molar-refractivity contribution in [1.29, 1.82) is 0 Å². The summed E-state index contributed by atoms with van der Waals surface area (Å²) in [6.07, 6.45) is 1.19. The second kappa shape index (κ2) is 8.08. The molecular weight excluding hydrogens is 349 g/mol. The number of rotatable bonds is 5. The van der Waals surface area contributed by atoms with Crippen LogP contribution in [0.3, 0.4) is 0 Å². The van der Waals surface area contributed by atoms with E-state index < -0.39 is 21.5 Å². The number of carbonyl (C=O) groups is 1. The van der Waals surface area contributed by atoms with E-state index in [9.17, 15) is 18.3 Å². The van der Waals surface area contributed by atoms with Gasteiger partial charge in [0.25, 0.3) is 0 Å². The smallest absolute Gasteiger partial charge is 0.543 e. The number of sulfone groups is 1. The second-order valence-corrected chi connectivity index (χ2v) is 6.33. The van der Waals surface area contributed by atoms with E-state index in [0.717, 1.165) is 0 Å². The number of aromatic nitrogens is 1. The van der Waals surface area contributed by atoms with Crippen LogP contribution in [0.15, 0.2) is 21.6 Å². The second-order valence-electron chi connectivity index (χ2n) is 3.44. The van der Waals surface area contributed by atoms with E-state index in [1.165, 1.54) is 12.1 Å². The van der Waals surface area contributed by atoms with Gasteiger partial charge in [0.15, 0.2) is 9.84 Å². The molecule has 0 bridgehead atoms. The fraction of sp³-hybridized carbons (Fsp3) is 0.400. The Morgan fingerprint density at radius 1 is 1.44 bits per heavy atom. The third kappa shape index (κ3) is 4.99. The number of hydrogen-bond donors (Lipinski definition) is 0. The summed E-state index contributed by atoms with van der Waals surface area (Å²) in [5.41, 5.74) is -0.546. The molecule has 5 nitrogen and oxygen atoms in total. The Morgan fingerprint density at radius 2 is 2.06 bits per heavy atom. The summed E-state index contributed by atoms with van der Waals surface area (Å²) < 4.78 is 24.0. The molecule has 0 unspecified atom stereocenters. The van der Waals surface area contributed by atoms with Crippen LogP contribution in [0.25, 0.3) is 0 Å². The van der Waals surface area contributed by atoms with Gasteiger partial charge in [0.1, 0.15) is 10.3 Å². The van der Waals surface area contributed by atoms with E-state index in [-0.39, 0.29) is 66.6 Å². The molecule has 0 amide bonds. The topological polar surface area (TPSA) is 87.2 Å². The molecule has 1 aromatic rings. The molecular formula is C10H11BrKNO4S. The van der Waals surface area contributed by atoms with E-state index in [1.54, 1.807) is 0 Å². The van der Waals surface area contributed by atoms with Crippen molar-refractivity contribution in [2.45, 2.75) is 24.7 Å². The first-order chi connectivity index (χ1) is 7.88. The van der Waals surface area contributed by atoms with Crippen molar-refractivity contribution in [3.63, 3.8) is 0 Å². The van der Waals surface area contributed by atoms with E-state index in [0.29, 0.717) is 12.8 Å². The van der Waals surface area contributed by atoms with Crippen molar-refractivity contribution in [3.05, 3.63) is 22.4 Å². The first-order valence-electron chi connectivity index (χ1n) is 4.99. The predicted octanol–water partition coefficient (Wildman–Crippen LogP) is -2.21. The van der Waals surface area contributed by atoms with E-state index in [2.05, 4.69) is 20.9 Å². The van der Waals surface area contributed by atoms with Gasteiger partial charge in [0.05, 0.1) is 16.6 Å². The zero-order valence-corrected chi connectivity index (χ0v) is 15.7.